The fraction of sp³-hybridized carbons (Fsp3) is 0.0714. The van der Waals surface area contributed by atoms with Crippen LogP contribution < -0.4 is 26.8 Å². The van der Waals surface area contributed by atoms with E-state index in [0.717, 1.165) is 21.7 Å². The Morgan fingerprint density at radius 1 is 1.28 bits per heavy atom. The first-order chi connectivity index (χ1) is 13.6. The molecule has 0 fully saturated rings. The molecule has 0 saturated carbocycles. The molecule has 0 radical (unpaired) electrons. The molecule has 0 aliphatic carbocycles. The number of carbonyl (C=O) groups excluding carboxylic acids is 2. The van der Waals surface area contributed by atoms with Crippen molar-refractivity contribution in [3.05, 3.63) is 35.0 Å². The fourth-order valence-corrected chi connectivity index (χ4v) is 3.69. The Kier molecular flexibility index (Phi) is 6.81. The lowest BCUT2D eigenvalue weighted by Crippen LogP contribution is -2.26. The molecule has 0 saturated heterocycles. The number of carboxylic acid groups (broad SMARTS) is 1. The molecule has 1 unspecified atom stereocenters. The highest BCUT2D eigenvalue weighted by molar-refractivity contribution is 7.81. The topological polar surface area (TPSA) is 227 Å². The molecule has 154 valence electrons. The number of primary amides is 1. The van der Waals surface area contributed by atoms with Crippen LogP contribution in [0.15, 0.2) is 28.7 Å². The Bertz CT molecular complexity index is 1020. The molecule has 1 heterocycles. The fourth-order valence-electron chi connectivity index (χ4n) is 2.13. The number of hydrogen-bond donors (Lipinski definition) is 6. The molecule has 2 aromatic rings. The molecule has 2 amide bonds. The van der Waals surface area contributed by atoms with Gasteiger partial charge in [-0.25, -0.2) is 23.3 Å². The van der Waals surface area contributed by atoms with Gasteiger partial charge in [-0.1, -0.05) is 0 Å². The second-order valence-corrected chi connectivity index (χ2v) is 6.88. The summed E-state index contributed by atoms with van der Waals surface area (Å²) in [4.78, 5) is 42.1. The summed E-state index contributed by atoms with van der Waals surface area (Å²) < 4.78 is 22.3. The van der Waals surface area contributed by atoms with Crippen LogP contribution in [-0.4, -0.2) is 49.1 Å². The number of anilines is 3. The highest BCUT2D eigenvalue weighted by Crippen LogP contribution is 2.35. The Labute approximate surface area is 169 Å². The monoisotopic (exact) mass is 441 g/mol. The summed E-state index contributed by atoms with van der Waals surface area (Å²) in [5.41, 5.74) is 16.1. The average molecular weight is 441 g/mol. The second kappa shape index (κ2) is 9.09. The lowest BCUT2D eigenvalue weighted by molar-refractivity contribution is -0.114. The lowest BCUT2D eigenvalue weighted by atomic mass is 10.1. The van der Waals surface area contributed by atoms with Crippen LogP contribution in [0.5, 0.6) is 0 Å². The molecular formula is C14H15N7O6S2. The van der Waals surface area contributed by atoms with Gasteiger partial charge in [0.05, 0.1) is 22.4 Å². The minimum Gasteiger partial charge on any atom is -0.476 e. The maximum atomic E-state index is 11.9. The summed E-state index contributed by atoms with van der Waals surface area (Å²) in [5, 5.41) is 11.4. The molecule has 29 heavy (non-hydrogen) atoms. The summed E-state index contributed by atoms with van der Waals surface area (Å²) >= 11 is -1.90. The number of hydrogen-bond acceptors (Lipinski definition) is 7. The van der Waals surface area contributed by atoms with Crippen LogP contribution in [0.2, 0.25) is 0 Å². The van der Waals surface area contributed by atoms with E-state index in [4.69, 9.17) is 17.2 Å². The van der Waals surface area contributed by atoms with Crippen molar-refractivity contribution in [3.8, 4) is 0 Å². The summed E-state index contributed by atoms with van der Waals surface area (Å²) in [6.45, 7) is -0.405. The van der Waals surface area contributed by atoms with Crippen LogP contribution in [0.3, 0.4) is 0 Å². The van der Waals surface area contributed by atoms with Gasteiger partial charge in [-0.3, -0.25) is 14.1 Å². The summed E-state index contributed by atoms with van der Waals surface area (Å²) in [5.74, 6) is -3.30. The maximum absolute atomic E-state index is 11.9. The van der Waals surface area contributed by atoms with Gasteiger partial charge in [0.15, 0.2) is 11.7 Å². The molecule has 0 aliphatic heterocycles. The Balaban J connectivity index is 2.46. The molecular weight excluding hydrogens is 426 g/mol. The van der Waals surface area contributed by atoms with E-state index in [0.29, 0.717) is 0 Å². The number of nitrogens with zero attached hydrogens (tertiary/aromatic N) is 3. The number of carboxylic acids is 1. The number of carbonyl (C=O) groups is 3. The zero-order valence-electron chi connectivity index (χ0n) is 14.4. The van der Waals surface area contributed by atoms with Crippen molar-refractivity contribution >= 4 is 62.7 Å². The second-order valence-electron chi connectivity index (χ2n) is 5.22. The Morgan fingerprint density at radius 3 is 2.52 bits per heavy atom. The van der Waals surface area contributed by atoms with Crippen LogP contribution in [-0.2, 0) is 16.1 Å². The Morgan fingerprint density at radius 2 is 1.97 bits per heavy atom. The average Bonchev–Trinajstić information content (AvgIpc) is 3.10. The smallest absolute Gasteiger partial charge is 0.357 e. The molecule has 0 bridgehead atoms. The summed E-state index contributed by atoms with van der Waals surface area (Å²) in [7, 11) is 0. The molecule has 0 aliphatic rings. The molecule has 15 heteroatoms. The van der Waals surface area contributed by atoms with Gasteiger partial charge in [-0.15, -0.1) is 11.3 Å². The molecule has 13 nitrogen and oxygen atoms in total. The number of nitrogens with two attached hydrogens (primary N) is 3. The van der Waals surface area contributed by atoms with Gasteiger partial charge in [-0.05, 0) is 18.2 Å². The van der Waals surface area contributed by atoms with E-state index in [1.54, 1.807) is 0 Å². The number of aromatic carboxylic acids is 1. The molecule has 1 aromatic carbocycles. The summed E-state index contributed by atoms with van der Waals surface area (Å²) in [6, 6.07) is 3.66. The van der Waals surface area contributed by atoms with E-state index >= 15 is 0 Å². The predicted octanol–water partition coefficient (Wildman–Crippen LogP) is -0.573. The summed E-state index contributed by atoms with van der Waals surface area (Å²) in [6.07, 6.45) is 0. The minimum atomic E-state index is -2.70. The van der Waals surface area contributed by atoms with Gasteiger partial charge in [0.2, 0.25) is 5.91 Å². The van der Waals surface area contributed by atoms with Gasteiger partial charge in [0.25, 0.3) is 17.2 Å². The molecule has 1 atom stereocenters. The first-order valence-electron chi connectivity index (χ1n) is 7.48. The van der Waals surface area contributed by atoms with Crippen LogP contribution in [0.25, 0.3) is 0 Å². The maximum Gasteiger partial charge on any atom is 0.357 e. The van der Waals surface area contributed by atoms with Crippen molar-refractivity contribution in [3.63, 3.8) is 0 Å². The van der Waals surface area contributed by atoms with Crippen LogP contribution in [0, 0.1) is 0 Å². The van der Waals surface area contributed by atoms with E-state index in [9.17, 15) is 28.3 Å². The zero-order chi connectivity index (χ0) is 21.7. The van der Waals surface area contributed by atoms with E-state index < -0.39 is 41.3 Å². The first-order valence-corrected chi connectivity index (χ1v) is 9.43. The molecule has 2 rings (SSSR count). The van der Waals surface area contributed by atoms with Crippen molar-refractivity contribution in [2.24, 2.45) is 22.2 Å². The highest BCUT2D eigenvalue weighted by Gasteiger charge is 2.26. The number of aliphatic imine (C=N–C) groups is 1. The molecule has 9 N–H and O–H groups in total. The SMILES string of the molecule is NC(=O)c1cc(N(c2scnc2C(=O)O)S(=O)O)ccc1NC(=O)CN=C(N)N. The van der Waals surface area contributed by atoms with Crippen LogP contribution in [0.4, 0.5) is 16.4 Å². The number of aromatic nitrogens is 1. The zero-order valence-corrected chi connectivity index (χ0v) is 16.1. The first kappa shape index (κ1) is 21.7. The van der Waals surface area contributed by atoms with Gasteiger partial charge in [0, 0.05) is 0 Å². The van der Waals surface area contributed by atoms with Crippen molar-refractivity contribution in [2.75, 3.05) is 16.2 Å². The predicted molar refractivity (Wildman–Crippen MR) is 106 cm³/mol. The van der Waals surface area contributed by atoms with E-state index in [1.165, 1.54) is 17.6 Å². The normalized spacial score (nSPS) is 11.3. The highest BCUT2D eigenvalue weighted by atomic mass is 32.2. The number of thiazole rings is 1. The molecule has 0 spiro atoms. The Hall–Kier alpha value is -3.56. The quantitative estimate of drug-likeness (QED) is 0.175. The van der Waals surface area contributed by atoms with Gasteiger partial charge < -0.3 is 27.6 Å². The number of rotatable bonds is 8. The standard InChI is InChI=1S/C14H15N7O6S2/c15-11(23)7-3-6(1-2-8(7)20-9(22)4-18-14(16)17)21(29(26)27)12-10(13(24)25)19-5-28-12/h1-3,5H,4H2,(H2,15,23)(H,20,22)(H,24,25)(H,26,27)(H4,16,17,18). The van der Waals surface area contributed by atoms with E-state index in [1.807, 2.05) is 0 Å². The third-order valence-electron chi connectivity index (χ3n) is 3.27. The van der Waals surface area contributed by atoms with Gasteiger partial charge in [0.1, 0.15) is 11.5 Å². The lowest BCUT2D eigenvalue weighted by Gasteiger charge is -2.20. The number of guanidine groups is 1. The number of benzene rings is 1. The third kappa shape index (κ3) is 5.24. The van der Waals surface area contributed by atoms with Crippen molar-refractivity contribution in [2.45, 2.75) is 0 Å². The van der Waals surface area contributed by atoms with Crippen molar-refractivity contribution in [1.29, 1.82) is 0 Å². The van der Waals surface area contributed by atoms with E-state index in [2.05, 4.69) is 15.3 Å². The van der Waals surface area contributed by atoms with Gasteiger partial charge >= 0.3 is 5.97 Å². The third-order valence-corrected chi connectivity index (χ3v) is 4.91. The van der Waals surface area contributed by atoms with Crippen LogP contribution in [0.1, 0.15) is 20.8 Å². The van der Waals surface area contributed by atoms with Crippen molar-refractivity contribution < 1.29 is 28.3 Å². The van der Waals surface area contributed by atoms with Gasteiger partial charge in [-0.2, -0.15) is 0 Å². The van der Waals surface area contributed by atoms with E-state index in [-0.39, 0.29) is 27.9 Å². The largest absolute Gasteiger partial charge is 0.476 e. The molecule has 1 aromatic heterocycles. The van der Waals surface area contributed by atoms with Crippen molar-refractivity contribution in [1.82, 2.24) is 4.98 Å². The minimum absolute atomic E-state index is 0.00322. The number of nitrogens with one attached hydrogen (secondary N) is 1. The van der Waals surface area contributed by atoms with Crippen LogP contribution >= 0.6 is 11.3 Å². The number of amides is 2.